The summed E-state index contributed by atoms with van der Waals surface area (Å²) in [5.74, 6) is 0.531. The Morgan fingerprint density at radius 3 is 2.76 bits per heavy atom. The lowest BCUT2D eigenvalue weighted by Crippen LogP contribution is -2.23. The first-order chi connectivity index (χ1) is 10.0. The molecule has 5 nitrogen and oxygen atoms in total. The van der Waals surface area contributed by atoms with Gasteiger partial charge in [0, 0.05) is 30.4 Å². The zero-order chi connectivity index (χ0) is 15.3. The van der Waals surface area contributed by atoms with Crippen LogP contribution in [0.3, 0.4) is 0 Å². The van der Waals surface area contributed by atoms with E-state index in [1.165, 1.54) is 18.3 Å². The van der Waals surface area contributed by atoms with Crippen molar-refractivity contribution in [2.24, 2.45) is 0 Å². The van der Waals surface area contributed by atoms with Gasteiger partial charge in [-0.05, 0) is 30.7 Å². The highest BCUT2D eigenvalue weighted by molar-refractivity contribution is 7.89. The number of nitrogens with one attached hydrogen (secondary N) is 2. The van der Waals surface area contributed by atoms with E-state index in [2.05, 4.69) is 15.0 Å². The Hall–Kier alpha value is -1.63. The molecular formula is C14H16ClN3O2S. The van der Waals surface area contributed by atoms with E-state index in [9.17, 15) is 8.42 Å². The number of hydrogen-bond acceptors (Lipinski definition) is 4. The fourth-order valence-corrected chi connectivity index (χ4v) is 3.01. The molecule has 112 valence electrons. The summed E-state index contributed by atoms with van der Waals surface area (Å²) in [6.07, 6.45) is 1.46. The smallest absolute Gasteiger partial charge is 0.241 e. The molecule has 7 heteroatoms. The molecule has 0 aliphatic carbocycles. The van der Waals surface area contributed by atoms with E-state index in [0.717, 1.165) is 5.56 Å². The second kappa shape index (κ2) is 6.89. The Bertz CT molecular complexity index is 720. The second-order valence-corrected chi connectivity index (χ2v) is 6.56. The van der Waals surface area contributed by atoms with Crippen LogP contribution in [0.15, 0.2) is 47.5 Å². The largest absolute Gasteiger partial charge is 0.370 e. The van der Waals surface area contributed by atoms with Gasteiger partial charge in [-0.25, -0.2) is 18.1 Å². The van der Waals surface area contributed by atoms with Crippen LogP contribution in [0.1, 0.15) is 12.5 Å². The minimum atomic E-state index is -3.59. The lowest BCUT2D eigenvalue weighted by atomic mass is 10.2. The van der Waals surface area contributed by atoms with E-state index in [1.54, 1.807) is 18.2 Å². The minimum Gasteiger partial charge on any atom is -0.370 e. The van der Waals surface area contributed by atoms with Crippen LogP contribution < -0.4 is 10.0 Å². The van der Waals surface area contributed by atoms with Crippen molar-refractivity contribution in [1.29, 1.82) is 0 Å². The van der Waals surface area contributed by atoms with Crippen LogP contribution in [0.25, 0.3) is 0 Å². The fraction of sp³-hybridized carbons (Fsp3) is 0.214. The third kappa shape index (κ3) is 4.42. The van der Waals surface area contributed by atoms with Crippen LogP contribution in [0.5, 0.6) is 0 Å². The molecule has 0 bridgehead atoms. The second-order valence-electron chi connectivity index (χ2n) is 4.36. The van der Waals surface area contributed by atoms with Crippen LogP contribution in [0.2, 0.25) is 5.02 Å². The standard InChI is InChI=1S/C14H16ClN3O2S/c1-2-16-14-9-13(6-7-17-14)21(19,20)18-10-11-4-3-5-12(15)8-11/h3-9,18H,2,10H2,1H3,(H,16,17). The van der Waals surface area contributed by atoms with E-state index < -0.39 is 10.0 Å². The maximum absolute atomic E-state index is 12.2. The normalized spacial score (nSPS) is 11.3. The number of aromatic nitrogens is 1. The zero-order valence-corrected chi connectivity index (χ0v) is 13.1. The van der Waals surface area contributed by atoms with Crippen LogP contribution >= 0.6 is 11.6 Å². The highest BCUT2D eigenvalue weighted by Crippen LogP contribution is 2.14. The van der Waals surface area contributed by atoms with Crippen molar-refractivity contribution in [3.8, 4) is 0 Å². The highest BCUT2D eigenvalue weighted by Gasteiger charge is 2.14. The highest BCUT2D eigenvalue weighted by atomic mass is 35.5. The first-order valence-electron chi connectivity index (χ1n) is 6.45. The van der Waals surface area contributed by atoms with Crippen LogP contribution in [0, 0.1) is 0 Å². The summed E-state index contributed by atoms with van der Waals surface area (Å²) in [5, 5.41) is 3.55. The van der Waals surface area contributed by atoms with Gasteiger partial charge in [-0.3, -0.25) is 0 Å². The summed E-state index contributed by atoms with van der Waals surface area (Å²) in [6.45, 7) is 2.77. The van der Waals surface area contributed by atoms with Crippen LogP contribution in [-0.2, 0) is 16.6 Å². The molecule has 0 unspecified atom stereocenters. The van der Waals surface area contributed by atoms with E-state index in [4.69, 9.17) is 11.6 Å². The molecule has 0 spiro atoms. The van der Waals surface area contributed by atoms with E-state index >= 15 is 0 Å². The Balaban J connectivity index is 2.13. The monoisotopic (exact) mass is 325 g/mol. The van der Waals surface area contributed by atoms with Gasteiger partial charge < -0.3 is 5.32 Å². The predicted octanol–water partition coefficient (Wildman–Crippen LogP) is 2.65. The molecule has 1 heterocycles. The summed E-state index contributed by atoms with van der Waals surface area (Å²) in [6, 6.07) is 10.0. The first kappa shape index (κ1) is 15.8. The minimum absolute atomic E-state index is 0.176. The lowest BCUT2D eigenvalue weighted by molar-refractivity contribution is 0.581. The van der Waals surface area contributed by atoms with Crippen molar-refractivity contribution in [3.63, 3.8) is 0 Å². The van der Waals surface area contributed by atoms with E-state index in [1.807, 2.05) is 13.0 Å². The number of benzene rings is 1. The molecular weight excluding hydrogens is 310 g/mol. The Morgan fingerprint density at radius 1 is 1.24 bits per heavy atom. The maximum atomic E-state index is 12.2. The number of sulfonamides is 1. The molecule has 2 rings (SSSR count). The van der Waals surface area contributed by atoms with Crippen LogP contribution in [-0.4, -0.2) is 19.9 Å². The van der Waals surface area contributed by atoms with Gasteiger partial charge in [-0.1, -0.05) is 23.7 Å². The van der Waals surface area contributed by atoms with Gasteiger partial charge >= 0.3 is 0 Å². The van der Waals surface area contributed by atoms with Crippen molar-refractivity contribution in [3.05, 3.63) is 53.2 Å². The molecule has 0 aliphatic heterocycles. The van der Waals surface area contributed by atoms with Crippen molar-refractivity contribution < 1.29 is 8.42 Å². The lowest BCUT2D eigenvalue weighted by Gasteiger charge is -2.09. The topological polar surface area (TPSA) is 71.1 Å². The Labute approximate surface area is 129 Å². The molecule has 2 N–H and O–H groups in total. The quantitative estimate of drug-likeness (QED) is 0.856. The molecule has 1 aromatic heterocycles. The predicted molar refractivity (Wildman–Crippen MR) is 83.9 cm³/mol. The summed E-state index contributed by atoms with van der Waals surface area (Å²) in [5.41, 5.74) is 0.798. The van der Waals surface area contributed by atoms with Gasteiger partial charge in [-0.15, -0.1) is 0 Å². The van der Waals surface area contributed by atoms with Crippen molar-refractivity contribution in [1.82, 2.24) is 9.71 Å². The van der Waals surface area contributed by atoms with Gasteiger partial charge in [0.05, 0.1) is 4.90 Å². The summed E-state index contributed by atoms with van der Waals surface area (Å²) in [7, 11) is -3.59. The van der Waals surface area contributed by atoms with Crippen molar-refractivity contribution in [2.75, 3.05) is 11.9 Å². The summed E-state index contributed by atoms with van der Waals surface area (Å²) >= 11 is 5.87. The maximum Gasteiger partial charge on any atom is 0.241 e. The molecule has 21 heavy (non-hydrogen) atoms. The Morgan fingerprint density at radius 2 is 2.05 bits per heavy atom. The molecule has 0 fully saturated rings. The molecule has 1 aromatic carbocycles. The first-order valence-corrected chi connectivity index (χ1v) is 8.31. The van der Waals surface area contributed by atoms with Gasteiger partial charge in [0.2, 0.25) is 10.0 Å². The average Bonchev–Trinajstić information content (AvgIpc) is 2.46. The van der Waals surface area contributed by atoms with Gasteiger partial charge in [0.25, 0.3) is 0 Å². The van der Waals surface area contributed by atoms with E-state index in [0.29, 0.717) is 17.4 Å². The number of pyridine rings is 1. The molecule has 0 atom stereocenters. The summed E-state index contributed by atoms with van der Waals surface area (Å²) in [4.78, 5) is 4.23. The molecule has 0 saturated heterocycles. The molecule has 0 aliphatic rings. The summed E-state index contributed by atoms with van der Waals surface area (Å²) < 4.78 is 27.0. The third-order valence-corrected chi connectivity index (χ3v) is 4.39. The number of halogens is 1. The molecule has 2 aromatic rings. The number of nitrogens with zero attached hydrogens (tertiary/aromatic N) is 1. The van der Waals surface area contributed by atoms with E-state index in [-0.39, 0.29) is 11.4 Å². The van der Waals surface area contributed by atoms with Gasteiger partial charge in [0.15, 0.2) is 0 Å². The Kier molecular flexibility index (Phi) is 5.17. The number of anilines is 1. The molecule has 0 amide bonds. The van der Waals surface area contributed by atoms with Gasteiger partial charge in [0.1, 0.15) is 5.82 Å². The average molecular weight is 326 g/mol. The van der Waals surface area contributed by atoms with Crippen molar-refractivity contribution in [2.45, 2.75) is 18.4 Å². The molecule has 0 radical (unpaired) electrons. The SMILES string of the molecule is CCNc1cc(S(=O)(=O)NCc2cccc(Cl)c2)ccn1. The zero-order valence-electron chi connectivity index (χ0n) is 11.5. The van der Waals surface area contributed by atoms with Crippen molar-refractivity contribution >= 4 is 27.4 Å². The number of hydrogen-bond donors (Lipinski definition) is 2. The van der Waals surface area contributed by atoms with Crippen LogP contribution in [0.4, 0.5) is 5.82 Å². The molecule has 0 saturated carbocycles. The number of rotatable bonds is 6. The van der Waals surface area contributed by atoms with Gasteiger partial charge in [-0.2, -0.15) is 0 Å². The fourth-order valence-electron chi connectivity index (χ4n) is 1.76. The third-order valence-electron chi connectivity index (χ3n) is 2.75.